The number of nitrogens with two attached hydrogens (primary N) is 1. The van der Waals surface area contributed by atoms with E-state index in [1.165, 1.54) is 38.5 Å². The number of rotatable bonds is 19. The Kier molecular flexibility index (Phi) is 19.0. The first-order valence-electron chi connectivity index (χ1n) is 11.1. The second kappa shape index (κ2) is 20.1. The first kappa shape index (κ1) is 26.4. The minimum Gasteiger partial charge on any atom is -0.480 e. The molecule has 0 aliphatic heterocycles. The Labute approximate surface area is 171 Å². The van der Waals surface area contributed by atoms with Crippen molar-refractivity contribution in [3.05, 3.63) is 24.3 Å². The van der Waals surface area contributed by atoms with Gasteiger partial charge in [0.15, 0.2) is 0 Å². The first-order chi connectivity index (χ1) is 13.6. The van der Waals surface area contributed by atoms with Crippen LogP contribution in [0.2, 0.25) is 0 Å². The van der Waals surface area contributed by atoms with Gasteiger partial charge >= 0.3 is 5.97 Å². The van der Waals surface area contributed by atoms with Gasteiger partial charge in [0.2, 0.25) is 5.91 Å². The van der Waals surface area contributed by atoms with Crippen molar-refractivity contribution in [2.75, 3.05) is 6.54 Å². The fourth-order valence-corrected chi connectivity index (χ4v) is 2.94. The van der Waals surface area contributed by atoms with Crippen LogP contribution in [0.5, 0.6) is 0 Å². The monoisotopic (exact) mass is 394 g/mol. The van der Waals surface area contributed by atoms with Crippen molar-refractivity contribution in [3.63, 3.8) is 0 Å². The fraction of sp³-hybridized carbons (Fsp3) is 0.739. The summed E-state index contributed by atoms with van der Waals surface area (Å²) in [5, 5.41) is 11.7. The lowest BCUT2D eigenvalue weighted by atomic mass is 10.1. The molecule has 0 aliphatic carbocycles. The van der Waals surface area contributed by atoms with Crippen LogP contribution in [0, 0.1) is 0 Å². The molecule has 1 amide bonds. The van der Waals surface area contributed by atoms with Crippen LogP contribution in [-0.4, -0.2) is 29.6 Å². The van der Waals surface area contributed by atoms with Crippen LogP contribution in [0.3, 0.4) is 0 Å². The van der Waals surface area contributed by atoms with Crippen molar-refractivity contribution in [2.24, 2.45) is 5.73 Å². The minimum atomic E-state index is -0.984. The highest BCUT2D eigenvalue weighted by molar-refractivity contribution is 5.83. The molecule has 4 N–H and O–H groups in total. The van der Waals surface area contributed by atoms with Crippen LogP contribution >= 0.6 is 0 Å². The molecule has 0 unspecified atom stereocenters. The van der Waals surface area contributed by atoms with Crippen molar-refractivity contribution in [2.45, 2.75) is 103 Å². The van der Waals surface area contributed by atoms with E-state index in [9.17, 15) is 9.59 Å². The number of hydrogen-bond donors (Lipinski definition) is 3. The molecule has 28 heavy (non-hydrogen) atoms. The molecule has 162 valence electrons. The number of nitrogens with one attached hydrogen (secondary N) is 1. The average Bonchev–Trinajstić information content (AvgIpc) is 2.67. The van der Waals surface area contributed by atoms with Gasteiger partial charge in [0.1, 0.15) is 6.04 Å². The highest BCUT2D eigenvalue weighted by atomic mass is 16.4. The van der Waals surface area contributed by atoms with E-state index in [0.717, 1.165) is 32.1 Å². The van der Waals surface area contributed by atoms with Gasteiger partial charge in [-0.05, 0) is 57.9 Å². The Hall–Kier alpha value is -1.62. The zero-order valence-electron chi connectivity index (χ0n) is 17.8. The summed E-state index contributed by atoms with van der Waals surface area (Å²) in [7, 11) is 0. The van der Waals surface area contributed by atoms with Gasteiger partial charge in [0, 0.05) is 6.42 Å². The third kappa shape index (κ3) is 17.8. The van der Waals surface area contributed by atoms with Gasteiger partial charge < -0.3 is 16.2 Å². The predicted octanol–water partition coefficient (Wildman–Crippen LogP) is 5.11. The average molecular weight is 395 g/mol. The van der Waals surface area contributed by atoms with E-state index in [4.69, 9.17) is 10.8 Å². The molecule has 0 aromatic carbocycles. The van der Waals surface area contributed by atoms with Crippen molar-refractivity contribution < 1.29 is 14.7 Å². The topological polar surface area (TPSA) is 92.4 Å². The van der Waals surface area contributed by atoms with Crippen molar-refractivity contribution in [3.8, 4) is 0 Å². The van der Waals surface area contributed by atoms with E-state index in [0.29, 0.717) is 25.8 Å². The van der Waals surface area contributed by atoms with Crippen LogP contribution in [0.1, 0.15) is 96.8 Å². The molecule has 0 aromatic heterocycles. The number of carboxylic acid groups (broad SMARTS) is 1. The predicted molar refractivity (Wildman–Crippen MR) is 117 cm³/mol. The minimum absolute atomic E-state index is 0.171. The van der Waals surface area contributed by atoms with Crippen LogP contribution < -0.4 is 11.1 Å². The molecule has 0 aliphatic rings. The summed E-state index contributed by atoms with van der Waals surface area (Å²) in [6.45, 7) is 2.66. The van der Waals surface area contributed by atoms with Gasteiger partial charge in [0.05, 0.1) is 0 Å². The Morgan fingerprint density at radius 3 is 2.11 bits per heavy atom. The fourth-order valence-electron chi connectivity index (χ4n) is 2.94. The SMILES string of the molecule is CCCCC/C=C/C/C=C/CCCCCCCC(=O)N[C@@H](CCCN)C(=O)O. The highest BCUT2D eigenvalue weighted by Gasteiger charge is 2.18. The molecule has 0 heterocycles. The number of aliphatic carboxylic acids is 1. The highest BCUT2D eigenvalue weighted by Crippen LogP contribution is 2.08. The summed E-state index contributed by atoms with van der Waals surface area (Å²) in [4.78, 5) is 22.9. The van der Waals surface area contributed by atoms with E-state index in [1.807, 2.05) is 0 Å². The lowest BCUT2D eigenvalue weighted by Crippen LogP contribution is -2.40. The van der Waals surface area contributed by atoms with Gasteiger partial charge in [-0.1, -0.05) is 63.3 Å². The number of carbonyl (C=O) groups is 2. The first-order valence-corrected chi connectivity index (χ1v) is 11.1. The van der Waals surface area contributed by atoms with Gasteiger partial charge in [-0.15, -0.1) is 0 Å². The van der Waals surface area contributed by atoms with Crippen LogP contribution in [0.4, 0.5) is 0 Å². The molecule has 0 aromatic rings. The van der Waals surface area contributed by atoms with Gasteiger partial charge in [-0.25, -0.2) is 4.79 Å². The van der Waals surface area contributed by atoms with Crippen LogP contribution in [0.25, 0.3) is 0 Å². The maximum Gasteiger partial charge on any atom is 0.326 e. The lowest BCUT2D eigenvalue weighted by molar-refractivity contribution is -0.142. The number of hydrogen-bond acceptors (Lipinski definition) is 3. The number of carbonyl (C=O) groups excluding carboxylic acids is 1. The number of allylic oxidation sites excluding steroid dienone is 4. The molecule has 5 nitrogen and oxygen atoms in total. The van der Waals surface area contributed by atoms with Crippen molar-refractivity contribution in [1.82, 2.24) is 5.32 Å². The molecule has 0 fully saturated rings. The molecule has 0 bridgehead atoms. The summed E-state index contributed by atoms with van der Waals surface area (Å²) in [6, 6.07) is -0.811. The second-order valence-electron chi connectivity index (χ2n) is 7.37. The van der Waals surface area contributed by atoms with Crippen molar-refractivity contribution in [1.29, 1.82) is 0 Å². The largest absolute Gasteiger partial charge is 0.480 e. The summed E-state index contributed by atoms with van der Waals surface area (Å²) < 4.78 is 0. The molecular weight excluding hydrogens is 352 g/mol. The number of amides is 1. The molecule has 0 saturated heterocycles. The Balaban J connectivity index is 3.54. The van der Waals surface area contributed by atoms with Gasteiger partial charge in [0.25, 0.3) is 0 Å². The number of carboxylic acids is 1. The van der Waals surface area contributed by atoms with E-state index in [-0.39, 0.29) is 5.91 Å². The van der Waals surface area contributed by atoms with Crippen LogP contribution in [0.15, 0.2) is 24.3 Å². The second-order valence-corrected chi connectivity index (χ2v) is 7.37. The van der Waals surface area contributed by atoms with Gasteiger partial charge in [-0.3, -0.25) is 4.79 Å². The number of unbranched alkanes of at least 4 members (excludes halogenated alkanes) is 8. The normalized spacial score (nSPS) is 12.6. The van der Waals surface area contributed by atoms with E-state index < -0.39 is 12.0 Å². The molecule has 0 spiro atoms. The zero-order chi connectivity index (χ0) is 20.9. The van der Waals surface area contributed by atoms with E-state index in [2.05, 4.69) is 36.5 Å². The molecule has 0 rings (SSSR count). The molecule has 0 saturated carbocycles. The zero-order valence-corrected chi connectivity index (χ0v) is 17.8. The Morgan fingerprint density at radius 1 is 0.893 bits per heavy atom. The Bertz CT molecular complexity index is 447. The smallest absolute Gasteiger partial charge is 0.326 e. The van der Waals surface area contributed by atoms with Gasteiger partial charge in [-0.2, -0.15) is 0 Å². The quantitative estimate of drug-likeness (QED) is 0.210. The third-order valence-corrected chi connectivity index (χ3v) is 4.68. The maximum absolute atomic E-state index is 11.8. The maximum atomic E-state index is 11.8. The Morgan fingerprint density at radius 2 is 1.50 bits per heavy atom. The molecule has 5 heteroatoms. The summed E-state index contributed by atoms with van der Waals surface area (Å²) in [5.74, 6) is -1.16. The van der Waals surface area contributed by atoms with E-state index >= 15 is 0 Å². The van der Waals surface area contributed by atoms with Crippen LogP contribution in [-0.2, 0) is 9.59 Å². The standard InChI is InChI=1S/C23H42N2O3/c1-2-3-4-5-6-7-8-9-10-11-12-13-14-15-16-19-22(26)25-21(23(27)28)18-17-20-24/h6-7,9-10,21H,2-5,8,11-20,24H2,1H3,(H,25,26)(H,27,28)/b7-6+,10-9+/t21-/m0/s1. The van der Waals surface area contributed by atoms with Crippen molar-refractivity contribution >= 4 is 11.9 Å². The molecule has 1 atom stereocenters. The lowest BCUT2D eigenvalue weighted by Gasteiger charge is -2.13. The summed E-state index contributed by atoms with van der Waals surface area (Å²) in [6.07, 6.45) is 23.0. The molecular formula is C23H42N2O3. The molecule has 0 radical (unpaired) electrons. The summed E-state index contributed by atoms with van der Waals surface area (Å²) in [5.41, 5.74) is 5.39. The van der Waals surface area contributed by atoms with E-state index in [1.54, 1.807) is 0 Å². The third-order valence-electron chi connectivity index (χ3n) is 4.68. The summed E-state index contributed by atoms with van der Waals surface area (Å²) >= 11 is 0.